The molecule has 0 amide bonds. The molecule has 0 saturated carbocycles. The van der Waals surface area contributed by atoms with Crippen molar-refractivity contribution < 1.29 is 44.0 Å². The number of para-hydroxylation sites is 1. The molecule has 0 unspecified atom stereocenters. The van der Waals surface area contributed by atoms with Gasteiger partial charge in [0.25, 0.3) is 10.1 Å². The van der Waals surface area contributed by atoms with Crippen LogP contribution in [-0.2, 0) is 10.1 Å². The third-order valence-electron chi connectivity index (χ3n) is 3.09. The van der Waals surface area contributed by atoms with Gasteiger partial charge >= 0.3 is 35.2 Å². The first-order valence-electron chi connectivity index (χ1n) is 7.29. The molecule has 0 spiro atoms. The number of nitrogens with zero attached hydrogens (tertiary/aromatic N) is 2. The summed E-state index contributed by atoms with van der Waals surface area (Å²) in [5.41, 5.74) is 2.55. The van der Waals surface area contributed by atoms with E-state index in [1.807, 2.05) is 42.5 Å². The second-order valence-corrected chi connectivity index (χ2v) is 6.35. The number of rotatable bonds is 3. The van der Waals surface area contributed by atoms with Gasteiger partial charge in [0.2, 0.25) is 5.39 Å². The fraction of sp³-hybridized carbons (Fsp3) is 0. The van der Waals surface area contributed by atoms with E-state index in [-0.39, 0.29) is 35.9 Å². The Balaban J connectivity index is 0.000000500. The smallest absolute Gasteiger partial charge is 1.00 e. The van der Waals surface area contributed by atoms with E-state index >= 15 is 0 Å². The normalized spacial score (nSPS) is 9.69. The molecule has 0 saturated heterocycles. The standard InChI is InChI=1S/C12H10N3.C6H6O3S.Na.H/c13-15-12-8-6-11(7-9-12)14-10-4-2-1-3-5-10;7-10(8,9)6-4-2-1-3-5-6;;/h1-9,14H;1-5H,(H,7,8,9);;/q+1;;+1;-1. The van der Waals surface area contributed by atoms with Gasteiger partial charge in [0, 0.05) is 23.5 Å². The van der Waals surface area contributed by atoms with E-state index in [9.17, 15) is 8.42 Å². The van der Waals surface area contributed by atoms with Crippen molar-refractivity contribution in [3.05, 3.63) is 89.9 Å². The minimum atomic E-state index is -4.00. The van der Waals surface area contributed by atoms with Crippen LogP contribution in [0.4, 0.5) is 17.1 Å². The zero-order valence-corrected chi connectivity index (χ0v) is 17.0. The Morgan fingerprint density at radius 1 is 0.808 bits per heavy atom. The first kappa shape index (κ1) is 21.8. The summed E-state index contributed by atoms with van der Waals surface area (Å²) in [6.07, 6.45) is 0. The molecule has 3 aromatic carbocycles. The fourth-order valence-electron chi connectivity index (χ4n) is 1.89. The molecule has 0 fully saturated rings. The van der Waals surface area contributed by atoms with Crippen LogP contribution in [0.2, 0.25) is 0 Å². The average Bonchev–Trinajstić information content (AvgIpc) is 2.64. The van der Waals surface area contributed by atoms with E-state index in [1.54, 1.807) is 30.3 Å². The van der Waals surface area contributed by atoms with Gasteiger partial charge in [-0.1, -0.05) is 36.4 Å². The number of hydrogen-bond donors (Lipinski definition) is 2. The van der Waals surface area contributed by atoms with Gasteiger partial charge in [-0.2, -0.15) is 8.42 Å². The van der Waals surface area contributed by atoms with Gasteiger partial charge < -0.3 is 6.74 Å². The molecule has 0 radical (unpaired) electrons. The van der Waals surface area contributed by atoms with Gasteiger partial charge in [-0.05, 0) is 36.4 Å². The Labute approximate surface area is 176 Å². The van der Waals surface area contributed by atoms with Gasteiger partial charge in [0.15, 0.2) is 4.98 Å². The van der Waals surface area contributed by atoms with Crippen LogP contribution in [0.3, 0.4) is 0 Å². The minimum absolute atomic E-state index is 0. The average molecular weight is 378 g/mol. The fourth-order valence-corrected chi connectivity index (χ4v) is 2.39. The van der Waals surface area contributed by atoms with E-state index in [2.05, 4.69) is 10.3 Å². The summed E-state index contributed by atoms with van der Waals surface area (Å²) in [5.74, 6) is 0. The third-order valence-corrected chi connectivity index (χ3v) is 3.95. The Morgan fingerprint density at radius 3 is 1.69 bits per heavy atom. The summed E-state index contributed by atoms with van der Waals surface area (Å²) in [6.45, 7) is 0. The molecule has 0 aliphatic heterocycles. The van der Waals surface area contributed by atoms with Gasteiger partial charge in [0.05, 0.1) is 4.90 Å². The number of anilines is 2. The molecule has 3 aromatic rings. The predicted octanol–water partition coefficient (Wildman–Crippen LogP) is 1.96. The summed E-state index contributed by atoms with van der Waals surface area (Å²) < 4.78 is 29.2. The largest absolute Gasteiger partial charge is 1.00 e. The van der Waals surface area contributed by atoms with Crippen LogP contribution in [0.1, 0.15) is 1.43 Å². The Bertz CT molecular complexity index is 949. The zero-order chi connectivity index (χ0) is 18.1. The molecule has 0 aliphatic carbocycles. The summed E-state index contributed by atoms with van der Waals surface area (Å²) >= 11 is 0. The van der Waals surface area contributed by atoms with Crippen molar-refractivity contribution in [1.82, 2.24) is 0 Å². The van der Waals surface area contributed by atoms with Gasteiger partial charge in [-0.3, -0.25) is 4.55 Å². The molecule has 3 rings (SSSR count). The van der Waals surface area contributed by atoms with Crippen molar-refractivity contribution >= 4 is 27.2 Å². The van der Waals surface area contributed by atoms with Crippen molar-refractivity contribution in [3.63, 3.8) is 0 Å². The number of benzene rings is 3. The van der Waals surface area contributed by atoms with Gasteiger partial charge in [-0.15, -0.1) is 0 Å². The van der Waals surface area contributed by atoms with E-state index in [4.69, 9.17) is 9.95 Å². The first-order valence-corrected chi connectivity index (χ1v) is 8.73. The van der Waals surface area contributed by atoms with Crippen LogP contribution in [-0.4, -0.2) is 13.0 Å². The van der Waals surface area contributed by atoms with Crippen LogP contribution >= 0.6 is 0 Å². The van der Waals surface area contributed by atoms with E-state index < -0.39 is 10.1 Å². The summed E-state index contributed by atoms with van der Waals surface area (Å²) in [5, 5.41) is 11.8. The molecule has 0 bridgehead atoms. The minimum Gasteiger partial charge on any atom is -1.00 e. The van der Waals surface area contributed by atoms with Crippen molar-refractivity contribution in [2.75, 3.05) is 5.32 Å². The van der Waals surface area contributed by atoms with Crippen molar-refractivity contribution in [2.24, 2.45) is 0 Å². The predicted molar refractivity (Wildman–Crippen MR) is 98.3 cm³/mol. The number of hydrogen-bond acceptors (Lipinski definition) is 4. The molecule has 0 aliphatic rings. The monoisotopic (exact) mass is 378 g/mol. The summed E-state index contributed by atoms with van der Waals surface area (Å²) in [7, 11) is -4.00. The molecule has 8 heteroatoms. The molecular weight excluding hydrogens is 361 g/mol. The molecular formula is C18H17N3NaO3S+. The van der Waals surface area contributed by atoms with Crippen molar-refractivity contribution in [2.45, 2.75) is 4.90 Å². The Kier molecular flexibility index (Phi) is 8.99. The van der Waals surface area contributed by atoms with Crippen LogP contribution in [0, 0.1) is 5.39 Å². The van der Waals surface area contributed by atoms with Crippen LogP contribution < -0.4 is 34.9 Å². The van der Waals surface area contributed by atoms with Gasteiger partial charge in [-0.25, -0.2) is 0 Å². The second kappa shape index (κ2) is 10.7. The molecule has 128 valence electrons. The molecule has 0 heterocycles. The number of nitrogens with one attached hydrogen (secondary N) is 1. The summed E-state index contributed by atoms with van der Waals surface area (Å²) in [6, 6.07) is 24.5. The maximum Gasteiger partial charge on any atom is 1.00 e. The topological polar surface area (TPSA) is 94.5 Å². The molecule has 0 atom stereocenters. The molecule has 26 heavy (non-hydrogen) atoms. The van der Waals surface area contributed by atoms with Crippen molar-refractivity contribution in [1.29, 1.82) is 5.39 Å². The quantitative estimate of drug-likeness (QED) is 0.413. The molecule has 6 nitrogen and oxygen atoms in total. The van der Waals surface area contributed by atoms with Crippen molar-refractivity contribution in [3.8, 4) is 0 Å². The Morgan fingerprint density at radius 2 is 1.27 bits per heavy atom. The van der Waals surface area contributed by atoms with E-state index in [0.29, 0.717) is 5.69 Å². The second-order valence-electron chi connectivity index (χ2n) is 4.93. The third kappa shape index (κ3) is 7.35. The van der Waals surface area contributed by atoms with Crippen LogP contribution in [0.25, 0.3) is 4.98 Å². The van der Waals surface area contributed by atoms with Crippen LogP contribution in [0.15, 0.2) is 89.8 Å². The molecule has 0 aromatic heterocycles. The Hall–Kier alpha value is -2.21. The maximum absolute atomic E-state index is 10.4. The molecule has 2 N–H and O–H groups in total. The van der Waals surface area contributed by atoms with Crippen LogP contribution in [0.5, 0.6) is 0 Å². The maximum atomic E-state index is 10.4. The zero-order valence-electron chi connectivity index (χ0n) is 15.1. The van der Waals surface area contributed by atoms with E-state index in [1.165, 1.54) is 12.1 Å². The van der Waals surface area contributed by atoms with Gasteiger partial charge in [0.1, 0.15) is 0 Å². The number of diazo groups is 1. The SMILES string of the molecule is N#[N+]c1ccc(Nc2ccccc2)cc1.O=S(=O)(O)c1ccccc1.[H-].[Na+]. The van der Waals surface area contributed by atoms with E-state index in [0.717, 1.165) is 11.4 Å². The first-order chi connectivity index (χ1) is 12.0. The summed E-state index contributed by atoms with van der Waals surface area (Å²) in [4.78, 5) is 3.02.